The van der Waals surface area contributed by atoms with Crippen molar-refractivity contribution in [2.24, 2.45) is 12.8 Å². The first-order valence-corrected chi connectivity index (χ1v) is 9.13. The van der Waals surface area contributed by atoms with Crippen molar-refractivity contribution in [2.45, 2.75) is 19.4 Å². The van der Waals surface area contributed by atoms with Gasteiger partial charge in [0.05, 0.1) is 0 Å². The Morgan fingerprint density at radius 2 is 1.76 bits per heavy atom. The Kier molecular flexibility index (Phi) is 5.40. The summed E-state index contributed by atoms with van der Waals surface area (Å²) < 4.78 is 49.6. The van der Waals surface area contributed by atoms with Gasteiger partial charge in [0.1, 0.15) is 5.82 Å². The predicted molar refractivity (Wildman–Crippen MR) is 103 cm³/mol. The molecule has 2 N–H and O–H groups in total. The van der Waals surface area contributed by atoms with Gasteiger partial charge in [0.2, 0.25) is 5.91 Å². The number of aromatic nitrogens is 3. The highest BCUT2D eigenvalue weighted by Crippen LogP contribution is 2.34. The lowest BCUT2D eigenvalue weighted by Crippen LogP contribution is -2.30. The fraction of sp³-hybridized carbons (Fsp3) is 0.211. The summed E-state index contributed by atoms with van der Waals surface area (Å²) in [6.07, 6.45) is 0. The Morgan fingerprint density at radius 1 is 1.14 bits per heavy atom. The van der Waals surface area contributed by atoms with Gasteiger partial charge < -0.3 is 15.0 Å². The van der Waals surface area contributed by atoms with Gasteiger partial charge in [-0.05, 0) is 60.1 Å². The van der Waals surface area contributed by atoms with E-state index < -0.39 is 34.7 Å². The van der Waals surface area contributed by atoms with Crippen molar-refractivity contribution >= 4 is 21.8 Å². The van der Waals surface area contributed by atoms with E-state index >= 15 is 0 Å². The van der Waals surface area contributed by atoms with Gasteiger partial charge in [0.15, 0.2) is 34.6 Å². The summed E-state index contributed by atoms with van der Waals surface area (Å²) in [6, 6.07) is 5.70. The van der Waals surface area contributed by atoms with E-state index in [1.807, 2.05) is 0 Å². The first kappa shape index (κ1) is 20.8. The Labute approximate surface area is 172 Å². The highest BCUT2D eigenvalue weighted by atomic mass is 79.9. The lowest BCUT2D eigenvalue weighted by molar-refractivity contribution is 0.0834. The van der Waals surface area contributed by atoms with Gasteiger partial charge >= 0.3 is 0 Å². The largest absolute Gasteiger partial charge is 0.474 e. The second-order valence-electron chi connectivity index (χ2n) is 6.78. The average molecular weight is 469 g/mol. The minimum absolute atomic E-state index is 0.265. The van der Waals surface area contributed by atoms with Crippen LogP contribution in [0.25, 0.3) is 11.4 Å². The number of rotatable bonds is 5. The summed E-state index contributed by atoms with van der Waals surface area (Å²) in [7, 11) is 1.65. The number of benzene rings is 2. The topological polar surface area (TPSA) is 83.0 Å². The van der Waals surface area contributed by atoms with Crippen molar-refractivity contribution in [1.82, 2.24) is 14.8 Å². The smallest absolute Gasteiger partial charge is 0.248 e. The van der Waals surface area contributed by atoms with Crippen molar-refractivity contribution in [2.75, 3.05) is 0 Å². The maximum atomic E-state index is 14.3. The molecule has 0 radical (unpaired) electrons. The zero-order valence-corrected chi connectivity index (χ0v) is 17.2. The van der Waals surface area contributed by atoms with Crippen LogP contribution in [0, 0.1) is 17.5 Å². The van der Waals surface area contributed by atoms with Crippen molar-refractivity contribution in [3.63, 3.8) is 0 Å². The van der Waals surface area contributed by atoms with Gasteiger partial charge in [-0.2, -0.15) is 0 Å². The number of primary amides is 1. The number of carbonyl (C=O) groups is 1. The molecule has 1 aromatic heterocycles. The van der Waals surface area contributed by atoms with E-state index in [4.69, 9.17) is 10.5 Å². The van der Waals surface area contributed by atoms with E-state index in [0.717, 1.165) is 12.1 Å². The minimum Gasteiger partial charge on any atom is -0.474 e. The standard InChI is InChI=1S/C19H16BrF3N4O2/c1-19(2,29-15-13(22)6-9(16(24)28)7-14(15)23)18-26-25-17(27(18)3)11-5-4-10(21)8-12(11)20/h4-8H,1-3H3,(H2,24,28). The van der Waals surface area contributed by atoms with Crippen molar-refractivity contribution in [3.8, 4) is 17.1 Å². The number of halogens is 4. The van der Waals surface area contributed by atoms with Crippen molar-refractivity contribution in [3.05, 3.63) is 63.6 Å². The molecule has 29 heavy (non-hydrogen) atoms. The molecule has 0 bridgehead atoms. The number of nitrogens with zero attached hydrogens (tertiary/aromatic N) is 3. The molecule has 1 amide bonds. The van der Waals surface area contributed by atoms with Crippen LogP contribution in [0.15, 0.2) is 34.8 Å². The molecule has 0 saturated heterocycles. The third-order valence-corrected chi connectivity index (χ3v) is 4.88. The monoisotopic (exact) mass is 468 g/mol. The lowest BCUT2D eigenvalue weighted by atomic mass is 10.1. The van der Waals surface area contributed by atoms with Crippen LogP contribution >= 0.6 is 15.9 Å². The molecule has 0 aliphatic rings. The molecular weight excluding hydrogens is 453 g/mol. The molecule has 3 aromatic rings. The molecule has 2 aromatic carbocycles. The number of amides is 1. The summed E-state index contributed by atoms with van der Waals surface area (Å²) in [5, 5.41) is 8.18. The fourth-order valence-corrected chi connectivity index (χ4v) is 3.39. The summed E-state index contributed by atoms with van der Waals surface area (Å²) in [5.41, 5.74) is 4.02. The predicted octanol–water partition coefficient (Wildman–Crippen LogP) is 4.07. The lowest BCUT2D eigenvalue weighted by Gasteiger charge is -2.26. The molecule has 0 aliphatic heterocycles. The van der Waals surface area contributed by atoms with Gasteiger partial charge in [-0.3, -0.25) is 4.79 Å². The van der Waals surface area contributed by atoms with Crippen LogP contribution in [0.4, 0.5) is 13.2 Å². The Balaban J connectivity index is 1.99. The molecule has 1 heterocycles. The number of ether oxygens (including phenoxy) is 1. The minimum atomic E-state index is -1.30. The van der Waals surface area contributed by atoms with E-state index in [1.54, 1.807) is 25.5 Å². The van der Waals surface area contributed by atoms with Crippen molar-refractivity contribution in [1.29, 1.82) is 0 Å². The molecule has 0 aliphatic carbocycles. The first-order chi connectivity index (χ1) is 13.5. The van der Waals surface area contributed by atoms with E-state index in [1.165, 1.54) is 18.2 Å². The normalized spacial score (nSPS) is 11.6. The summed E-state index contributed by atoms with van der Waals surface area (Å²) in [6.45, 7) is 3.11. The first-order valence-electron chi connectivity index (χ1n) is 8.34. The second kappa shape index (κ2) is 7.51. The molecule has 3 rings (SSSR count). The van der Waals surface area contributed by atoms with Crippen LogP contribution in [0.5, 0.6) is 5.75 Å². The number of hydrogen-bond acceptors (Lipinski definition) is 4. The number of nitrogens with two attached hydrogens (primary N) is 1. The SMILES string of the molecule is Cn1c(-c2ccc(F)cc2Br)nnc1C(C)(C)Oc1c(F)cc(C(N)=O)cc1F. The maximum absolute atomic E-state index is 14.3. The van der Waals surface area contributed by atoms with Crippen LogP contribution in [0.1, 0.15) is 30.0 Å². The van der Waals surface area contributed by atoms with E-state index in [0.29, 0.717) is 15.9 Å². The molecule has 10 heteroatoms. The average Bonchev–Trinajstić information content (AvgIpc) is 3.00. The molecule has 0 fully saturated rings. The Bertz CT molecular complexity index is 1090. The molecule has 0 spiro atoms. The van der Waals surface area contributed by atoms with Gasteiger partial charge in [0.25, 0.3) is 0 Å². The molecule has 0 unspecified atom stereocenters. The molecule has 0 saturated carbocycles. The van der Waals surface area contributed by atoms with Crippen LogP contribution in [-0.4, -0.2) is 20.7 Å². The molecule has 152 valence electrons. The van der Waals surface area contributed by atoms with Gasteiger partial charge in [0, 0.05) is 22.6 Å². The highest BCUT2D eigenvalue weighted by molar-refractivity contribution is 9.10. The van der Waals surface area contributed by atoms with Crippen LogP contribution in [0.3, 0.4) is 0 Å². The van der Waals surface area contributed by atoms with Crippen LogP contribution < -0.4 is 10.5 Å². The summed E-state index contributed by atoms with van der Waals surface area (Å²) >= 11 is 3.28. The quantitative estimate of drug-likeness (QED) is 0.611. The molecular formula is C19H16BrF3N4O2. The van der Waals surface area contributed by atoms with Gasteiger partial charge in [-0.1, -0.05) is 0 Å². The highest BCUT2D eigenvalue weighted by Gasteiger charge is 2.32. The maximum Gasteiger partial charge on any atom is 0.248 e. The van der Waals surface area contributed by atoms with Crippen LogP contribution in [0.2, 0.25) is 0 Å². The zero-order valence-electron chi connectivity index (χ0n) is 15.6. The number of carbonyl (C=O) groups excluding carboxylic acids is 1. The zero-order chi connectivity index (χ0) is 21.5. The van der Waals surface area contributed by atoms with Gasteiger partial charge in [-0.15, -0.1) is 10.2 Å². The fourth-order valence-electron chi connectivity index (χ4n) is 2.86. The molecule has 0 atom stereocenters. The van der Waals surface area contributed by atoms with E-state index in [-0.39, 0.29) is 11.4 Å². The van der Waals surface area contributed by atoms with Crippen molar-refractivity contribution < 1.29 is 22.7 Å². The third-order valence-electron chi connectivity index (χ3n) is 4.23. The second-order valence-corrected chi connectivity index (χ2v) is 7.63. The Morgan fingerprint density at radius 3 is 2.31 bits per heavy atom. The molecule has 6 nitrogen and oxygen atoms in total. The van der Waals surface area contributed by atoms with Crippen LogP contribution in [-0.2, 0) is 12.6 Å². The number of hydrogen-bond donors (Lipinski definition) is 1. The summed E-state index contributed by atoms with van der Waals surface area (Å²) in [5.74, 6) is -3.54. The Hall–Kier alpha value is -2.88. The van der Waals surface area contributed by atoms with E-state index in [2.05, 4.69) is 26.1 Å². The van der Waals surface area contributed by atoms with E-state index in [9.17, 15) is 18.0 Å². The third kappa shape index (κ3) is 3.98. The van der Waals surface area contributed by atoms with Gasteiger partial charge in [-0.25, -0.2) is 13.2 Å². The summed E-state index contributed by atoms with van der Waals surface area (Å²) in [4.78, 5) is 11.2.